The Morgan fingerprint density at radius 3 is 2.50 bits per heavy atom. The number of benzene rings is 1. The lowest BCUT2D eigenvalue weighted by Gasteiger charge is -2.37. The molecule has 1 saturated carbocycles. The summed E-state index contributed by atoms with van der Waals surface area (Å²) in [7, 11) is 4.16. The van der Waals surface area contributed by atoms with E-state index >= 15 is 0 Å². The van der Waals surface area contributed by atoms with Crippen molar-refractivity contribution < 1.29 is 8.78 Å². The monoisotopic (exact) mass is 305 g/mol. The Kier molecular flexibility index (Phi) is 4.00. The number of anilines is 1. The molecule has 0 saturated heterocycles. The van der Waals surface area contributed by atoms with E-state index in [0.717, 1.165) is 31.5 Å². The van der Waals surface area contributed by atoms with Gasteiger partial charge in [0.2, 0.25) is 0 Å². The van der Waals surface area contributed by atoms with Crippen LogP contribution >= 0.6 is 0 Å². The first kappa shape index (κ1) is 15.2. The highest BCUT2D eigenvalue weighted by atomic mass is 19.1. The van der Waals surface area contributed by atoms with Gasteiger partial charge in [-0.1, -0.05) is 12.8 Å². The summed E-state index contributed by atoms with van der Waals surface area (Å²) < 4.78 is 28.0. The van der Waals surface area contributed by atoms with Crippen molar-refractivity contribution in [2.45, 2.75) is 31.2 Å². The Morgan fingerprint density at radius 2 is 1.82 bits per heavy atom. The number of hydrogen-bond acceptors (Lipinski definition) is 3. The van der Waals surface area contributed by atoms with Gasteiger partial charge in [0.1, 0.15) is 17.2 Å². The molecule has 0 unspecified atom stereocenters. The predicted molar refractivity (Wildman–Crippen MR) is 85.0 cm³/mol. The molecule has 2 aromatic rings. The summed E-state index contributed by atoms with van der Waals surface area (Å²) in [6, 6.07) is 3.98. The minimum Gasteiger partial charge on any atom is -0.383 e. The van der Waals surface area contributed by atoms with Crippen LogP contribution in [-0.2, 0) is 0 Å². The molecular formula is C17H21F2N3. The second kappa shape index (κ2) is 5.80. The molecule has 118 valence electrons. The number of nitrogens with one attached hydrogen (secondary N) is 1. The highest BCUT2D eigenvalue weighted by Crippen LogP contribution is 2.35. The maximum Gasteiger partial charge on any atom is 0.149 e. The molecule has 1 aliphatic rings. The lowest BCUT2D eigenvalue weighted by molar-refractivity contribution is 0.172. The number of pyridine rings is 1. The summed E-state index contributed by atoms with van der Waals surface area (Å²) in [6.45, 7) is 0.717. The molecule has 0 aliphatic heterocycles. The second-order valence-electron chi connectivity index (χ2n) is 6.29. The molecule has 0 spiro atoms. The Hall–Kier alpha value is -1.75. The van der Waals surface area contributed by atoms with E-state index in [1.807, 2.05) is 0 Å². The first-order valence-corrected chi connectivity index (χ1v) is 7.67. The van der Waals surface area contributed by atoms with Crippen LogP contribution in [-0.4, -0.2) is 36.1 Å². The van der Waals surface area contributed by atoms with E-state index in [1.165, 1.54) is 19.0 Å². The summed E-state index contributed by atoms with van der Waals surface area (Å²) in [5.41, 5.74) is 0.768. The number of nitrogens with zero attached hydrogens (tertiary/aromatic N) is 2. The van der Waals surface area contributed by atoms with Crippen molar-refractivity contribution in [3.63, 3.8) is 0 Å². The Labute approximate surface area is 129 Å². The van der Waals surface area contributed by atoms with Gasteiger partial charge >= 0.3 is 0 Å². The van der Waals surface area contributed by atoms with E-state index in [2.05, 4.69) is 29.3 Å². The molecule has 0 atom stereocenters. The van der Waals surface area contributed by atoms with E-state index in [-0.39, 0.29) is 16.4 Å². The third-order valence-corrected chi connectivity index (χ3v) is 4.88. The van der Waals surface area contributed by atoms with Gasteiger partial charge in [-0.15, -0.1) is 0 Å². The highest BCUT2D eigenvalue weighted by molar-refractivity contribution is 5.91. The van der Waals surface area contributed by atoms with Gasteiger partial charge in [-0.25, -0.2) is 8.78 Å². The topological polar surface area (TPSA) is 28.2 Å². The zero-order valence-corrected chi connectivity index (χ0v) is 13.0. The van der Waals surface area contributed by atoms with E-state index in [1.54, 1.807) is 6.07 Å². The normalized spacial score (nSPS) is 17.3. The Morgan fingerprint density at radius 1 is 1.14 bits per heavy atom. The van der Waals surface area contributed by atoms with Gasteiger partial charge in [0.25, 0.3) is 0 Å². The molecule has 3 nitrogen and oxygen atoms in total. The molecule has 0 bridgehead atoms. The summed E-state index contributed by atoms with van der Waals surface area (Å²) >= 11 is 0. The average Bonchev–Trinajstić information content (AvgIpc) is 2.99. The standard InChI is InChI=1S/C17H21F2N3/c1-22(2)17(8-3-4-9-17)11-21-14-7-10-20-16-13(19)6-5-12(18)15(14)16/h5-7,10H,3-4,8-9,11H2,1-2H3,(H,20,21). The fourth-order valence-electron chi connectivity index (χ4n) is 3.42. The van der Waals surface area contributed by atoms with Gasteiger partial charge < -0.3 is 10.2 Å². The number of hydrogen-bond donors (Lipinski definition) is 1. The van der Waals surface area contributed by atoms with Crippen molar-refractivity contribution in [2.75, 3.05) is 26.0 Å². The van der Waals surface area contributed by atoms with Crippen LogP contribution in [0.2, 0.25) is 0 Å². The highest BCUT2D eigenvalue weighted by Gasteiger charge is 2.35. The third-order valence-electron chi connectivity index (χ3n) is 4.88. The minimum absolute atomic E-state index is 0.0790. The second-order valence-corrected chi connectivity index (χ2v) is 6.29. The minimum atomic E-state index is -0.497. The Bertz CT molecular complexity index is 679. The number of likely N-dealkylation sites (N-methyl/N-ethyl adjacent to an activating group) is 1. The number of aromatic nitrogens is 1. The molecule has 5 heteroatoms. The zero-order chi connectivity index (χ0) is 15.7. The van der Waals surface area contributed by atoms with Crippen LogP contribution in [0.15, 0.2) is 24.4 Å². The van der Waals surface area contributed by atoms with Gasteiger partial charge in [0.15, 0.2) is 0 Å². The van der Waals surface area contributed by atoms with Crippen LogP contribution < -0.4 is 5.32 Å². The first-order chi connectivity index (χ1) is 10.5. The number of halogens is 2. The van der Waals surface area contributed by atoms with Crippen LogP contribution in [0.3, 0.4) is 0 Å². The zero-order valence-electron chi connectivity index (χ0n) is 13.0. The summed E-state index contributed by atoms with van der Waals surface area (Å²) in [5.74, 6) is -0.944. The van der Waals surface area contributed by atoms with Crippen molar-refractivity contribution in [2.24, 2.45) is 0 Å². The van der Waals surface area contributed by atoms with Gasteiger partial charge in [0.05, 0.1) is 5.39 Å². The fraction of sp³-hybridized carbons (Fsp3) is 0.471. The molecule has 0 amide bonds. The average molecular weight is 305 g/mol. The maximum atomic E-state index is 14.1. The van der Waals surface area contributed by atoms with Crippen molar-refractivity contribution in [3.05, 3.63) is 36.0 Å². The molecule has 1 N–H and O–H groups in total. The van der Waals surface area contributed by atoms with Crippen LogP contribution in [0, 0.1) is 11.6 Å². The molecular weight excluding hydrogens is 284 g/mol. The van der Waals surface area contributed by atoms with Crippen LogP contribution in [0.4, 0.5) is 14.5 Å². The summed E-state index contributed by atoms with van der Waals surface area (Å²) in [6.07, 6.45) is 6.17. The lowest BCUT2D eigenvalue weighted by atomic mass is 9.95. The van der Waals surface area contributed by atoms with Crippen LogP contribution in [0.1, 0.15) is 25.7 Å². The molecule has 1 fully saturated rings. The van der Waals surface area contributed by atoms with E-state index < -0.39 is 11.6 Å². The van der Waals surface area contributed by atoms with E-state index in [9.17, 15) is 8.78 Å². The van der Waals surface area contributed by atoms with Gasteiger partial charge in [-0.05, 0) is 45.1 Å². The third kappa shape index (κ3) is 2.54. The number of fused-ring (bicyclic) bond motifs is 1. The largest absolute Gasteiger partial charge is 0.383 e. The van der Waals surface area contributed by atoms with Crippen LogP contribution in [0.5, 0.6) is 0 Å². The van der Waals surface area contributed by atoms with Gasteiger partial charge in [-0.3, -0.25) is 4.98 Å². The molecule has 1 heterocycles. The molecule has 3 rings (SSSR count). The van der Waals surface area contributed by atoms with Crippen molar-refractivity contribution in [1.29, 1.82) is 0 Å². The van der Waals surface area contributed by atoms with Crippen molar-refractivity contribution in [1.82, 2.24) is 9.88 Å². The quantitative estimate of drug-likeness (QED) is 0.931. The fourth-order valence-corrected chi connectivity index (χ4v) is 3.42. The maximum absolute atomic E-state index is 14.1. The van der Waals surface area contributed by atoms with Crippen molar-refractivity contribution >= 4 is 16.6 Å². The Balaban J connectivity index is 1.93. The molecule has 1 aromatic carbocycles. The van der Waals surface area contributed by atoms with Crippen LogP contribution in [0.25, 0.3) is 10.9 Å². The molecule has 22 heavy (non-hydrogen) atoms. The van der Waals surface area contributed by atoms with Gasteiger partial charge in [0, 0.05) is 24.0 Å². The molecule has 1 aliphatic carbocycles. The lowest BCUT2D eigenvalue weighted by Crippen LogP contribution is -2.47. The smallest absolute Gasteiger partial charge is 0.149 e. The SMILES string of the molecule is CN(C)C1(CNc2ccnc3c(F)ccc(F)c23)CCCC1. The van der Waals surface area contributed by atoms with Crippen molar-refractivity contribution in [3.8, 4) is 0 Å². The first-order valence-electron chi connectivity index (χ1n) is 7.67. The van der Waals surface area contributed by atoms with E-state index in [4.69, 9.17) is 0 Å². The predicted octanol–water partition coefficient (Wildman–Crippen LogP) is 3.80. The summed E-state index contributed by atoms with van der Waals surface area (Å²) in [5, 5.41) is 3.56. The van der Waals surface area contributed by atoms with E-state index in [0.29, 0.717) is 5.69 Å². The van der Waals surface area contributed by atoms with Gasteiger partial charge in [-0.2, -0.15) is 0 Å². The molecule has 1 aromatic heterocycles. The number of rotatable bonds is 4. The molecule has 0 radical (unpaired) electrons. The summed E-state index contributed by atoms with van der Waals surface area (Å²) in [4.78, 5) is 6.21.